The lowest BCUT2D eigenvalue weighted by Crippen LogP contribution is -2.41. The first-order valence-electron chi connectivity index (χ1n) is 10.7. The van der Waals surface area contributed by atoms with E-state index in [1.807, 2.05) is 24.3 Å². The second-order valence-electron chi connectivity index (χ2n) is 7.75. The van der Waals surface area contributed by atoms with Crippen molar-refractivity contribution < 1.29 is 27.4 Å². The fourth-order valence-electron chi connectivity index (χ4n) is 3.56. The van der Waals surface area contributed by atoms with Crippen molar-refractivity contribution in [2.75, 3.05) is 38.2 Å². The molecule has 0 bridgehead atoms. The van der Waals surface area contributed by atoms with Crippen LogP contribution in [0.2, 0.25) is 0 Å². The zero-order chi connectivity index (χ0) is 24.1. The zero-order valence-corrected chi connectivity index (χ0v) is 19.8. The number of anilines is 1. The maximum Gasteiger partial charge on any atom is 0.264 e. The molecule has 1 aliphatic heterocycles. The largest absolute Gasteiger partial charge is 0.497 e. The molecule has 0 aromatic heterocycles. The Labute approximate surface area is 199 Å². The minimum atomic E-state index is -4.02. The van der Waals surface area contributed by atoms with Crippen LogP contribution < -0.4 is 18.5 Å². The summed E-state index contributed by atoms with van der Waals surface area (Å²) in [4.78, 5) is 14.7. The molecule has 0 N–H and O–H groups in total. The van der Waals surface area contributed by atoms with Gasteiger partial charge in [0.1, 0.15) is 25.5 Å². The highest BCUT2D eigenvalue weighted by Crippen LogP contribution is 2.35. The van der Waals surface area contributed by atoms with E-state index in [1.54, 1.807) is 50.6 Å². The molecule has 0 spiro atoms. The summed E-state index contributed by atoms with van der Waals surface area (Å²) in [5.74, 6) is 1.34. The first kappa shape index (κ1) is 23.4. The fourth-order valence-corrected chi connectivity index (χ4v) is 4.99. The van der Waals surface area contributed by atoms with Crippen molar-refractivity contribution in [2.45, 2.75) is 11.4 Å². The average Bonchev–Trinajstić information content (AvgIpc) is 2.87. The number of ether oxygens (including phenoxy) is 3. The number of carbonyl (C=O) groups excluding carboxylic acids is 1. The normalized spacial score (nSPS) is 12.6. The highest BCUT2D eigenvalue weighted by molar-refractivity contribution is 7.92. The van der Waals surface area contributed by atoms with Gasteiger partial charge in [-0.15, -0.1) is 0 Å². The van der Waals surface area contributed by atoms with Crippen LogP contribution in [0.5, 0.6) is 17.2 Å². The van der Waals surface area contributed by atoms with Gasteiger partial charge in [0.25, 0.3) is 10.0 Å². The van der Waals surface area contributed by atoms with Crippen molar-refractivity contribution in [2.24, 2.45) is 0 Å². The Bertz CT molecular complexity index is 1250. The van der Waals surface area contributed by atoms with Gasteiger partial charge in [0.2, 0.25) is 5.91 Å². The number of likely N-dealkylation sites (N-methyl/N-ethyl adjacent to an activating group) is 1. The summed E-state index contributed by atoms with van der Waals surface area (Å²) >= 11 is 0. The number of hydrogen-bond acceptors (Lipinski definition) is 6. The molecule has 3 aromatic carbocycles. The minimum absolute atomic E-state index is 0.0931. The Balaban J connectivity index is 1.62. The molecule has 0 aliphatic carbocycles. The van der Waals surface area contributed by atoms with Crippen molar-refractivity contribution in [3.63, 3.8) is 0 Å². The monoisotopic (exact) mass is 482 g/mol. The maximum absolute atomic E-state index is 13.6. The van der Waals surface area contributed by atoms with Crippen LogP contribution in [-0.2, 0) is 21.4 Å². The molecular weight excluding hydrogens is 456 g/mol. The van der Waals surface area contributed by atoms with Gasteiger partial charge in [0.05, 0.1) is 17.7 Å². The molecule has 9 heteroatoms. The first-order chi connectivity index (χ1) is 16.4. The van der Waals surface area contributed by atoms with Crippen LogP contribution >= 0.6 is 0 Å². The molecule has 0 fully saturated rings. The van der Waals surface area contributed by atoms with E-state index in [-0.39, 0.29) is 17.3 Å². The molecule has 0 saturated heterocycles. The SMILES string of the molecule is COc1ccc(CN(C)C(=O)CN(c2ccc3c(c2)OCCO3)S(=O)(=O)c2ccccc2)cc1. The van der Waals surface area contributed by atoms with Gasteiger partial charge >= 0.3 is 0 Å². The number of sulfonamides is 1. The molecule has 0 unspecified atom stereocenters. The lowest BCUT2D eigenvalue weighted by atomic mass is 10.2. The molecule has 178 valence electrons. The van der Waals surface area contributed by atoms with Gasteiger partial charge in [0, 0.05) is 19.7 Å². The van der Waals surface area contributed by atoms with E-state index in [9.17, 15) is 13.2 Å². The van der Waals surface area contributed by atoms with Crippen molar-refractivity contribution in [1.82, 2.24) is 4.90 Å². The maximum atomic E-state index is 13.6. The molecule has 34 heavy (non-hydrogen) atoms. The summed E-state index contributed by atoms with van der Waals surface area (Å²) in [7, 11) is -0.788. The van der Waals surface area contributed by atoms with E-state index in [0.29, 0.717) is 36.9 Å². The number of rotatable bonds is 8. The lowest BCUT2D eigenvalue weighted by Gasteiger charge is -2.28. The molecule has 0 radical (unpaired) electrons. The summed E-state index contributed by atoms with van der Waals surface area (Å²) in [6.45, 7) is 0.741. The second-order valence-corrected chi connectivity index (χ2v) is 9.61. The van der Waals surface area contributed by atoms with Crippen molar-refractivity contribution in [3.8, 4) is 17.2 Å². The standard InChI is InChI=1S/C25H26N2O6S/c1-26(17-19-8-11-21(31-2)12-9-19)25(28)18-27(34(29,30)22-6-4-3-5-7-22)20-10-13-23-24(16-20)33-15-14-32-23/h3-13,16H,14-15,17-18H2,1-2H3. The Hall–Kier alpha value is -3.72. The third kappa shape index (κ3) is 5.09. The van der Waals surface area contributed by atoms with Gasteiger partial charge in [0.15, 0.2) is 11.5 Å². The second kappa shape index (κ2) is 10.0. The van der Waals surface area contributed by atoms with E-state index >= 15 is 0 Å². The van der Waals surface area contributed by atoms with Gasteiger partial charge < -0.3 is 19.1 Å². The lowest BCUT2D eigenvalue weighted by molar-refractivity contribution is -0.128. The number of nitrogens with zero attached hydrogens (tertiary/aromatic N) is 2. The third-order valence-electron chi connectivity index (χ3n) is 5.43. The predicted molar refractivity (Wildman–Crippen MR) is 128 cm³/mol. The first-order valence-corrected chi connectivity index (χ1v) is 12.2. The number of amides is 1. The van der Waals surface area contributed by atoms with Crippen molar-refractivity contribution in [3.05, 3.63) is 78.4 Å². The van der Waals surface area contributed by atoms with Gasteiger partial charge in [-0.1, -0.05) is 30.3 Å². The summed E-state index contributed by atoms with van der Waals surface area (Å²) in [5.41, 5.74) is 1.22. The molecule has 3 aromatic rings. The quantitative estimate of drug-likeness (QED) is 0.490. The van der Waals surface area contributed by atoms with Crippen molar-refractivity contribution in [1.29, 1.82) is 0 Å². The smallest absolute Gasteiger partial charge is 0.264 e. The summed E-state index contributed by atoms with van der Waals surface area (Å²) in [6, 6.07) is 20.3. The highest BCUT2D eigenvalue weighted by atomic mass is 32.2. The van der Waals surface area contributed by atoms with E-state index in [2.05, 4.69) is 0 Å². The molecule has 4 rings (SSSR count). The van der Waals surface area contributed by atoms with Gasteiger partial charge in [-0.3, -0.25) is 9.10 Å². The van der Waals surface area contributed by atoms with Crippen molar-refractivity contribution >= 4 is 21.6 Å². The molecule has 1 aliphatic rings. The molecule has 0 saturated carbocycles. The Kier molecular flexibility index (Phi) is 6.93. The Morgan fingerprint density at radius 1 is 0.941 bits per heavy atom. The highest BCUT2D eigenvalue weighted by Gasteiger charge is 2.29. The Morgan fingerprint density at radius 2 is 1.62 bits per heavy atom. The zero-order valence-electron chi connectivity index (χ0n) is 19.0. The van der Waals surface area contributed by atoms with Crippen LogP contribution in [0, 0.1) is 0 Å². The number of hydrogen-bond donors (Lipinski definition) is 0. The average molecular weight is 483 g/mol. The van der Waals surface area contributed by atoms with E-state index in [0.717, 1.165) is 15.6 Å². The topological polar surface area (TPSA) is 85.4 Å². The number of fused-ring (bicyclic) bond motifs is 1. The minimum Gasteiger partial charge on any atom is -0.497 e. The van der Waals surface area contributed by atoms with Crippen LogP contribution in [0.3, 0.4) is 0 Å². The number of methoxy groups -OCH3 is 1. The van der Waals surface area contributed by atoms with Gasteiger partial charge in [-0.2, -0.15) is 0 Å². The number of carbonyl (C=O) groups is 1. The molecular formula is C25H26N2O6S. The van der Waals surface area contributed by atoms with E-state index < -0.39 is 10.0 Å². The van der Waals surface area contributed by atoms with Gasteiger partial charge in [-0.25, -0.2) is 8.42 Å². The molecule has 8 nitrogen and oxygen atoms in total. The summed E-state index contributed by atoms with van der Waals surface area (Å²) in [6.07, 6.45) is 0. The Morgan fingerprint density at radius 3 is 2.29 bits per heavy atom. The van der Waals surface area contributed by atoms with Crippen LogP contribution in [0.1, 0.15) is 5.56 Å². The summed E-state index contributed by atoms with van der Waals surface area (Å²) < 4.78 is 44.6. The molecule has 1 amide bonds. The third-order valence-corrected chi connectivity index (χ3v) is 7.22. The predicted octanol–water partition coefficient (Wildman–Crippen LogP) is 3.32. The summed E-state index contributed by atoms with van der Waals surface area (Å²) in [5, 5.41) is 0. The van der Waals surface area contributed by atoms with Gasteiger partial charge in [-0.05, 0) is 42.0 Å². The van der Waals surface area contributed by atoms with Crippen LogP contribution in [0.4, 0.5) is 5.69 Å². The molecule has 0 atom stereocenters. The van der Waals surface area contributed by atoms with Crippen LogP contribution in [-0.4, -0.2) is 53.1 Å². The van der Waals surface area contributed by atoms with Crippen LogP contribution in [0.15, 0.2) is 77.7 Å². The van der Waals surface area contributed by atoms with E-state index in [4.69, 9.17) is 14.2 Å². The fraction of sp³-hybridized carbons (Fsp3) is 0.240. The number of benzene rings is 3. The van der Waals surface area contributed by atoms with Crippen LogP contribution in [0.25, 0.3) is 0 Å². The van der Waals surface area contributed by atoms with E-state index in [1.165, 1.54) is 17.0 Å². The molecule has 1 heterocycles.